The molecular formula is C19H19N3O3S2. The number of anilines is 1. The van der Waals surface area contributed by atoms with E-state index < -0.39 is 9.84 Å². The minimum absolute atomic E-state index is 0.00412. The number of carbonyl (C=O) groups is 1. The number of benzene rings is 1. The van der Waals surface area contributed by atoms with Crippen LogP contribution in [0.25, 0.3) is 11.3 Å². The minimum Gasteiger partial charge on any atom is -0.302 e. The lowest BCUT2D eigenvalue weighted by molar-refractivity contribution is -0.115. The van der Waals surface area contributed by atoms with Crippen LogP contribution in [0.2, 0.25) is 0 Å². The van der Waals surface area contributed by atoms with Gasteiger partial charge in [0.1, 0.15) is 0 Å². The van der Waals surface area contributed by atoms with Crippen molar-refractivity contribution in [2.75, 3.05) is 11.6 Å². The molecular weight excluding hydrogens is 382 g/mol. The van der Waals surface area contributed by atoms with Gasteiger partial charge in [-0.15, -0.1) is 11.3 Å². The summed E-state index contributed by atoms with van der Waals surface area (Å²) in [6.07, 6.45) is 3.13. The second-order valence-electron chi connectivity index (χ2n) is 6.34. The molecule has 0 unspecified atom stereocenters. The first kappa shape index (κ1) is 19.2. The van der Waals surface area contributed by atoms with Crippen LogP contribution in [0.3, 0.4) is 0 Å². The maximum atomic E-state index is 12.2. The van der Waals surface area contributed by atoms with Crippen LogP contribution in [0.4, 0.5) is 5.13 Å². The predicted octanol–water partition coefficient (Wildman–Crippen LogP) is 3.24. The van der Waals surface area contributed by atoms with Crippen molar-refractivity contribution < 1.29 is 13.2 Å². The maximum absolute atomic E-state index is 12.2. The summed E-state index contributed by atoms with van der Waals surface area (Å²) in [5, 5.41) is 5.24. The monoisotopic (exact) mass is 401 g/mol. The van der Waals surface area contributed by atoms with Crippen molar-refractivity contribution in [3.05, 3.63) is 64.8 Å². The number of nitrogens with zero attached hydrogens (tertiary/aromatic N) is 2. The number of nitrogens with one attached hydrogen (secondary N) is 1. The number of sulfone groups is 1. The van der Waals surface area contributed by atoms with Gasteiger partial charge in [-0.1, -0.05) is 24.3 Å². The lowest BCUT2D eigenvalue weighted by Gasteiger charge is -2.04. The number of aromatic nitrogens is 2. The van der Waals surface area contributed by atoms with Gasteiger partial charge in [0.05, 0.1) is 17.9 Å². The van der Waals surface area contributed by atoms with Gasteiger partial charge in [-0.25, -0.2) is 13.4 Å². The molecule has 0 aliphatic heterocycles. The third-order valence-corrected chi connectivity index (χ3v) is 5.37. The molecule has 6 nitrogen and oxygen atoms in total. The molecule has 1 amide bonds. The lowest BCUT2D eigenvalue weighted by atomic mass is 10.1. The summed E-state index contributed by atoms with van der Waals surface area (Å²) < 4.78 is 22.6. The molecule has 3 rings (SSSR count). The standard InChI is InChI=1S/C19H19N3O3S2/c1-13-9-16(7-8-20-13)17-11-26-19(21-17)22-18(23)10-14-3-5-15(6-4-14)12-27(2,24)25/h3-9,11H,10,12H2,1-2H3,(H,21,22,23). The van der Waals surface area contributed by atoms with Gasteiger partial charge >= 0.3 is 0 Å². The van der Waals surface area contributed by atoms with Gasteiger partial charge in [0.2, 0.25) is 5.91 Å². The van der Waals surface area contributed by atoms with Gasteiger partial charge in [0, 0.05) is 29.1 Å². The first-order chi connectivity index (χ1) is 12.8. The van der Waals surface area contributed by atoms with E-state index in [-0.39, 0.29) is 18.1 Å². The Kier molecular flexibility index (Phi) is 5.67. The van der Waals surface area contributed by atoms with E-state index in [1.807, 2.05) is 24.4 Å². The largest absolute Gasteiger partial charge is 0.302 e. The van der Waals surface area contributed by atoms with Gasteiger partial charge in [-0.2, -0.15) is 0 Å². The molecule has 0 aliphatic carbocycles. The van der Waals surface area contributed by atoms with Gasteiger partial charge in [0.15, 0.2) is 15.0 Å². The Bertz CT molecular complexity index is 1060. The Labute approximate surface area is 162 Å². The highest BCUT2D eigenvalue weighted by molar-refractivity contribution is 7.89. The molecule has 0 bridgehead atoms. The summed E-state index contributed by atoms with van der Waals surface area (Å²) >= 11 is 1.37. The van der Waals surface area contributed by atoms with E-state index in [0.717, 1.165) is 22.5 Å². The molecule has 0 radical (unpaired) electrons. The van der Waals surface area contributed by atoms with Gasteiger partial charge < -0.3 is 5.32 Å². The Balaban J connectivity index is 1.61. The Morgan fingerprint density at radius 3 is 2.52 bits per heavy atom. The number of aryl methyl sites for hydroxylation is 1. The zero-order chi connectivity index (χ0) is 19.4. The van der Waals surface area contributed by atoms with Crippen LogP contribution in [0.1, 0.15) is 16.8 Å². The summed E-state index contributed by atoms with van der Waals surface area (Å²) in [6, 6.07) is 10.8. The average Bonchev–Trinajstić information content (AvgIpc) is 3.04. The Morgan fingerprint density at radius 2 is 1.85 bits per heavy atom. The van der Waals surface area contributed by atoms with Crippen LogP contribution in [0.5, 0.6) is 0 Å². The van der Waals surface area contributed by atoms with E-state index in [1.54, 1.807) is 30.5 Å². The lowest BCUT2D eigenvalue weighted by Crippen LogP contribution is -2.14. The summed E-state index contributed by atoms with van der Waals surface area (Å²) in [6.45, 7) is 1.92. The molecule has 0 spiro atoms. The zero-order valence-electron chi connectivity index (χ0n) is 15.0. The van der Waals surface area contributed by atoms with E-state index in [2.05, 4.69) is 15.3 Å². The van der Waals surface area contributed by atoms with Crippen LogP contribution in [-0.4, -0.2) is 30.5 Å². The molecule has 1 N–H and O–H groups in total. The van der Waals surface area contributed by atoms with Crippen molar-refractivity contribution in [2.24, 2.45) is 0 Å². The molecule has 0 aliphatic rings. The molecule has 3 aromatic rings. The molecule has 0 saturated carbocycles. The van der Waals surface area contributed by atoms with Crippen molar-refractivity contribution in [2.45, 2.75) is 19.1 Å². The van der Waals surface area contributed by atoms with Crippen molar-refractivity contribution in [1.29, 1.82) is 0 Å². The molecule has 2 heterocycles. The smallest absolute Gasteiger partial charge is 0.230 e. The van der Waals surface area contributed by atoms with Crippen molar-refractivity contribution in [3.8, 4) is 11.3 Å². The quantitative estimate of drug-likeness (QED) is 0.685. The summed E-state index contributed by atoms with van der Waals surface area (Å²) in [4.78, 5) is 20.9. The second-order valence-corrected chi connectivity index (χ2v) is 9.33. The van der Waals surface area contributed by atoms with E-state index in [1.165, 1.54) is 17.6 Å². The first-order valence-electron chi connectivity index (χ1n) is 8.22. The summed E-state index contributed by atoms with van der Waals surface area (Å²) in [5.74, 6) is -0.173. The summed E-state index contributed by atoms with van der Waals surface area (Å²) in [5.41, 5.74) is 4.18. The molecule has 0 atom stereocenters. The fourth-order valence-corrected chi connectivity index (χ4v) is 4.11. The molecule has 0 fully saturated rings. The van der Waals surface area contributed by atoms with Crippen LogP contribution >= 0.6 is 11.3 Å². The normalized spacial score (nSPS) is 11.3. The number of hydrogen-bond acceptors (Lipinski definition) is 6. The van der Waals surface area contributed by atoms with Crippen molar-refractivity contribution in [3.63, 3.8) is 0 Å². The van der Waals surface area contributed by atoms with Crippen LogP contribution in [-0.2, 0) is 26.8 Å². The third kappa shape index (κ3) is 5.70. The highest BCUT2D eigenvalue weighted by atomic mass is 32.2. The van der Waals surface area contributed by atoms with Gasteiger partial charge in [0.25, 0.3) is 0 Å². The van der Waals surface area contributed by atoms with Crippen LogP contribution < -0.4 is 5.32 Å². The summed E-state index contributed by atoms with van der Waals surface area (Å²) in [7, 11) is -3.07. The zero-order valence-corrected chi connectivity index (χ0v) is 16.6. The fourth-order valence-electron chi connectivity index (χ4n) is 2.57. The van der Waals surface area contributed by atoms with Crippen molar-refractivity contribution in [1.82, 2.24) is 9.97 Å². The van der Waals surface area contributed by atoms with E-state index in [0.29, 0.717) is 10.7 Å². The highest BCUT2D eigenvalue weighted by Crippen LogP contribution is 2.25. The number of rotatable bonds is 6. The fraction of sp³-hybridized carbons (Fsp3) is 0.211. The van der Waals surface area contributed by atoms with Crippen LogP contribution in [0.15, 0.2) is 48.0 Å². The van der Waals surface area contributed by atoms with Crippen LogP contribution in [0, 0.1) is 6.92 Å². The van der Waals surface area contributed by atoms with E-state index in [9.17, 15) is 13.2 Å². The van der Waals surface area contributed by atoms with Gasteiger partial charge in [-0.3, -0.25) is 9.78 Å². The van der Waals surface area contributed by atoms with Gasteiger partial charge in [-0.05, 0) is 30.2 Å². The highest BCUT2D eigenvalue weighted by Gasteiger charge is 2.10. The number of thiazole rings is 1. The second kappa shape index (κ2) is 7.98. The molecule has 1 aromatic carbocycles. The Hall–Kier alpha value is -2.58. The van der Waals surface area contributed by atoms with E-state index >= 15 is 0 Å². The molecule has 27 heavy (non-hydrogen) atoms. The molecule has 8 heteroatoms. The number of hydrogen-bond donors (Lipinski definition) is 1. The topological polar surface area (TPSA) is 89.0 Å². The maximum Gasteiger partial charge on any atom is 0.230 e. The van der Waals surface area contributed by atoms with Crippen molar-refractivity contribution >= 4 is 32.2 Å². The third-order valence-electron chi connectivity index (χ3n) is 3.76. The molecule has 140 valence electrons. The predicted molar refractivity (Wildman–Crippen MR) is 107 cm³/mol. The molecule has 0 saturated heterocycles. The minimum atomic E-state index is -3.07. The first-order valence-corrected chi connectivity index (χ1v) is 11.2. The number of carbonyl (C=O) groups excluding carboxylic acids is 1. The average molecular weight is 402 g/mol. The van der Waals surface area contributed by atoms with E-state index in [4.69, 9.17) is 0 Å². The number of amides is 1. The Morgan fingerprint density at radius 1 is 1.15 bits per heavy atom. The molecule has 2 aromatic heterocycles. The SMILES string of the molecule is Cc1cc(-c2csc(NC(=O)Cc3ccc(CS(C)(=O)=O)cc3)n2)ccn1. The number of pyridine rings is 1.